The van der Waals surface area contributed by atoms with E-state index in [1.807, 2.05) is 6.07 Å². The quantitative estimate of drug-likeness (QED) is 0.687. The second-order valence-corrected chi connectivity index (χ2v) is 7.39. The van der Waals surface area contributed by atoms with Crippen molar-refractivity contribution in [3.05, 3.63) is 59.7 Å². The van der Waals surface area contributed by atoms with Gasteiger partial charge in [0.05, 0.1) is 14.2 Å². The van der Waals surface area contributed by atoms with Crippen LogP contribution in [0, 0.1) is 0 Å². The topological polar surface area (TPSA) is 21.7 Å². The molecule has 1 aliphatic rings. The lowest BCUT2D eigenvalue weighted by atomic mass is 9.76. The molecule has 0 amide bonds. The van der Waals surface area contributed by atoms with Gasteiger partial charge in [-0.05, 0) is 61.2 Å². The first-order chi connectivity index (χ1) is 12.7. The third-order valence-electron chi connectivity index (χ3n) is 5.72. The molecule has 2 aromatic rings. The van der Waals surface area contributed by atoms with E-state index in [9.17, 15) is 0 Å². The predicted octanol–water partition coefficient (Wildman–Crippen LogP) is 4.69. The smallest absolute Gasteiger partial charge is 0.119 e. The van der Waals surface area contributed by atoms with Gasteiger partial charge in [-0.3, -0.25) is 0 Å². The van der Waals surface area contributed by atoms with Crippen LogP contribution in [0.2, 0.25) is 0 Å². The van der Waals surface area contributed by atoms with Gasteiger partial charge in [-0.25, -0.2) is 0 Å². The molecule has 1 heterocycles. The number of benzene rings is 2. The Morgan fingerprint density at radius 1 is 1.00 bits per heavy atom. The van der Waals surface area contributed by atoms with Crippen molar-refractivity contribution in [2.75, 3.05) is 33.9 Å². The summed E-state index contributed by atoms with van der Waals surface area (Å²) in [4.78, 5) is 2.62. The monoisotopic (exact) mass is 353 g/mol. The summed E-state index contributed by atoms with van der Waals surface area (Å²) in [6.07, 6.45) is 4.77. The van der Waals surface area contributed by atoms with E-state index < -0.39 is 0 Å². The molecule has 26 heavy (non-hydrogen) atoms. The predicted molar refractivity (Wildman–Crippen MR) is 107 cm³/mol. The number of hydrogen-bond acceptors (Lipinski definition) is 3. The van der Waals surface area contributed by atoms with Gasteiger partial charge in [0.2, 0.25) is 0 Å². The molecule has 1 unspecified atom stereocenters. The lowest BCUT2D eigenvalue weighted by Crippen LogP contribution is -2.32. The van der Waals surface area contributed by atoms with E-state index in [0.29, 0.717) is 0 Å². The van der Waals surface area contributed by atoms with Gasteiger partial charge >= 0.3 is 0 Å². The molecule has 0 spiro atoms. The zero-order chi connectivity index (χ0) is 18.4. The largest absolute Gasteiger partial charge is 0.497 e. The van der Waals surface area contributed by atoms with Crippen LogP contribution in [0.5, 0.6) is 11.5 Å². The molecule has 3 nitrogen and oxygen atoms in total. The van der Waals surface area contributed by atoms with E-state index in [1.54, 1.807) is 14.2 Å². The summed E-state index contributed by atoms with van der Waals surface area (Å²) in [6.45, 7) is 5.72. The Bertz CT molecular complexity index is 698. The molecule has 0 N–H and O–H groups in total. The Morgan fingerprint density at radius 3 is 2.46 bits per heavy atom. The summed E-state index contributed by atoms with van der Waals surface area (Å²) in [7, 11) is 3.46. The third kappa shape index (κ3) is 4.21. The molecular formula is C23H31NO2. The first-order valence-corrected chi connectivity index (χ1v) is 9.69. The van der Waals surface area contributed by atoms with Gasteiger partial charge in [0.1, 0.15) is 11.5 Å². The van der Waals surface area contributed by atoms with Crippen LogP contribution in [0.4, 0.5) is 0 Å². The standard InChI is InChI=1S/C23H31NO2/c1-4-13-23(20-6-5-7-22(17-20)26-3)14-16-24(18-23)15-12-19-8-10-21(25-2)11-9-19/h5-11,17H,4,12-16,18H2,1-3H3. The highest BCUT2D eigenvalue weighted by Gasteiger charge is 2.38. The molecule has 1 fully saturated rings. The first kappa shape index (κ1) is 18.8. The molecule has 1 saturated heterocycles. The highest BCUT2D eigenvalue weighted by Crippen LogP contribution is 2.39. The maximum atomic E-state index is 5.46. The molecule has 2 aromatic carbocycles. The van der Waals surface area contributed by atoms with Crippen molar-refractivity contribution < 1.29 is 9.47 Å². The van der Waals surface area contributed by atoms with Crippen molar-refractivity contribution in [3.63, 3.8) is 0 Å². The molecule has 3 heteroatoms. The van der Waals surface area contributed by atoms with Crippen LogP contribution in [0.15, 0.2) is 48.5 Å². The van der Waals surface area contributed by atoms with Crippen LogP contribution in [0.1, 0.15) is 37.3 Å². The first-order valence-electron chi connectivity index (χ1n) is 9.69. The summed E-state index contributed by atoms with van der Waals surface area (Å²) in [5, 5.41) is 0. The molecule has 3 rings (SSSR count). The fourth-order valence-corrected chi connectivity index (χ4v) is 4.24. The van der Waals surface area contributed by atoms with Gasteiger partial charge < -0.3 is 14.4 Å². The number of ether oxygens (including phenoxy) is 2. The van der Waals surface area contributed by atoms with E-state index in [1.165, 1.54) is 36.9 Å². The minimum absolute atomic E-state index is 0.267. The van der Waals surface area contributed by atoms with Gasteiger partial charge in [0, 0.05) is 18.5 Å². The summed E-state index contributed by atoms with van der Waals surface area (Å²) < 4.78 is 10.7. The van der Waals surface area contributed by atoms with E-state index in [-0.39, 0.29) is 5.41 Å². The number of methoxy groups -OCH3 is 2. The second-order valence-electron chi connectivity index (χ2n) is 7.39. The molecule has 1 atom stereocenters. The van der Waals surface area contributed by atoms with Crippen LogP contribution >= 0.6 is 0 Å². The molecule has 0 bridgehead atoms. The molecule has 0 saturated carbocycles. The zero-order valence-electron chi connectivity index (χ0n) is 16.3. The van der Waals surface area contributed by atoms with Crippen LogP contribution < -0.4 is 9.47 Å². The Hall–Kier alpha value is -2.00. The zero-order valence-corrected chi connectivity index (χ0v) is 16.3. The van der Waals surface area contributed by atoms with Crippen molar-refractivity contribution in [2.24, 2.45) is 0 Å². The van der Waals surface area contributed by atoms with Gasteiger partial charge in [-0.2, -0.15) is 0 Å². The van der Waals surface area contributed by atoms with Crippen molar-refractivity contribution in [3.8, 4) is 11.5 Å². The van der Waals surface area contributed by atoms with Crippen LogP contribution in [-0.2, 0) is 11.8 Å². The summed E-state index contributed by atoms with van der Waals surface area (Å²) in [5.74, 6) is 1.89. The molecular weight excluding hydrogens is 322 g/mol. The van der Waals surface area contributed by atoms with Gasteiger partial charge in [0.25, 0.3) is 0 Å². The highest BCUT2D eigenvalue weighted by atomic mass is 16.5. The SMILES string of the molecule is CCCC1(c2cccc(OC)c2)CCN(CCc2ccc(OC)cc2)C1. The molecule has 0 aliphatic carbocycles. The lowest BCUT2D eigenvalue weighted by molar-refractivity contribution is 0.304. The number of rotatable bonds is 8. The Balaban J connectivity index is 1.66. The molecule has 0 radical (unpaired) electrons. The van der Waals surface area contributed by atoms with Crippen LogP contribution in [-0.4, -0.2) is 38.8 Å². The lowest BCUT2D eigenvalue weighted by Gasteiger charge is -2.30. The van der Waals surface area contributed by atoms with Crippen molar-refractivity contribution in [1.82, 2.24) is 4.90 Å². The molecule has 140 valence electrons. The van der Waals surface area contributed by atoms with Crippen molar-refractivity contribution >= 4 is 0 Å². The van der Waals surface area contributed by atoms with E-state index in [2.05, 4.69) is 54.3 Å². The maximum absolute atomic E-state index is 5.46. The minimum Gasteiger partial charge on any atom is -0.497 e. The number of likely N-dealkylation sites (tertiary alicyclic amines) is 1. The number of hydrogen-bond donors (Lipinski definition) is 0. The maximum Gasteiger partial charge on any atom is 0.119 e. The summed E-state index contributed by atoms with van der Waals surface area (Å²) in [6, 6.07) is 17.2. The highest BCUT2D eigenvalue weighted by molar-refractivity contribution is 5.35. The van der Waals surface area contributed by atoms with Crippen molar-refractivity contribution in [2.45, 2.75) is 38.0 Å². The van der Waals surface area contributed by atoms with Crippen LogP contribution in [0.3, 0.4) is 0 Å². The Labute approximate surface area is 157 Å². The van der Waals surface area contributed by atoms with Gasteiger partial charge in [-0.15, -0.1) is 0 Å². The fraction of sp³-hybridized carbons (Fsp3) is 0.478. The summed E-state index contributed by atoms with van der Waals surface area (Å²) in [5.41, 5.74) is 3.08. The van der Waals surface area contributed by atoms with Gasteiger partial charge in [-0.1, -0.05) is 37.6 Å². The van der Waals surface area contributed by atoms with E-state index in [4.69, 9.17) is 9.47 Å². The summed E-state index contributed by atoms with van der Waals surface area (Å²) >= 11 is 0. The molecule has 0 aromatic heterocycles. The minimum atomic E-state index is 0.267. The Kier molecular flexibility index (Phi) is 6.20. The normalized spacial score (nSPS) is 20.3. The molecule has 1 aliphatic heterocycles. The van der Waals surface area contributed by atoms with Gasteiger partial charge in [0.15, 0.2) is 0 Å². The second kappa shape index (κ2) is 8.59. The van der Waals surface area contributed by atoms with Crippen molar-refractivity contribution in [1.29, 1.82) is 0 Å². The number of nitrogens with zero attached hydrogens (tertiary/aromatic N) is 1. The Morgan fingerprint density at radius 2 is 1.77 bits per heavy atom. The average molecular weight is 354 g/mol. The fourth-order valence-electron chi connectivity index (χ4n) is 4.24. The van der Waals surface area contributed by atoms with E-state index >= 15 is 0 Å². The average Bonchev–Trinajstić information content (AvgIpc) is 3.11. The third-order valence-corrected chi connectivity index (χ3v) is 5.72. The van der Waals surface area contributed by atoms with E-state index in [0.717, 1.165) is 31.0 Å². The van der Waals surface area contributed by atoms with Crippen LogP contribution in [0.25, 0.3) is 0 Å².